The van der Waals surface area contributed by atoms with Crippen molar-refractivity contribution in [3.8, 4) is 0 Å². The van der Waals surface area contributed by atoms with Crippen molar-refractivity contribution in [3.63, 3.8) is 0 Å². The van der Waals surface area contributed by atoms with Crippen LogP contribution in [0.3, 0.4) is 0 Å². The number of ether oxygens (including phenoxy) is 1. The highest BCUT2D eigenvalue weighted by atomic mass is 32.2. The number of likely N-dealkylation sites (tertiary alicyclic amines) is 1. The van der Waals surface area contributed by atoms with Crippen molar-refractivity contribution in [3.05, 3.63) is 29.8 Å². The van der Waals surface area contributed by atoms with Crippen LogP contribution in [0.25, 0.3) is 0 Å². The summed E-state index contributed by atoms with van der Waals surface area (Å²) < 4.78 is 32.4. The number of piperidine rings is 1. The summed E-state index contributed by atoms with van der Waals surface area (Å²) in [6, 6.07) is 2.70. The first-order valence-electron chi connectivity index (χ1n) is 10.2. The molecule has 0 saturated carbocycles. The molecule has 1 heterocycles. The minimum atomic E-state index is -4.01. The number of methoxy groups -OCH3 is 1. The zero-order chi connectivity index (χ0) is 24.2. The van der Waals surface area contributed by atoms with Crippen molar-refractivity contribution in [2.24, 2.45) is 5.92 Å². The summed E-state index contributed by atoms with van der Waals surface area (Å²) in [5, 5.41) is 2.50. The van der Waals surface area contributed by atoms with E-state index >= 15 is 0 Å². The van der Waals surface area contributed by atoms with Crippen LogP contribution in [0.5, 0.6) is 0 Å². The molecule has 1 aliphatic rings. The topological polar surface area (TPSA) is 139 Å². The monoisotopic (exact) mass is 467 g/mol. The van der Waals surface area contributed by atoms with E-state index < -0.39 is 51.8 Å². The fraction of sp³-hybridized carbons (Fsp3) is 0.524. The number of hydrogen-bond acceptors (Lipinski definition) is 7. The Bertz CT molecular complexity index is 989. The second kappa shape index (κ2) is 10.2. The van der Waals surface area contributed by atoms with Crippen LogP contribution in [0.15, 0.2) is 29.2 Å². The number of carbonyl (C=O) groups excluding carboxylic acids is 4. The quantitative estimate of drug-likeness (QED) is 0.419. The van der Waals surface area contributed by atoms with Crippen molar-refractivity contribution in [1.29, 1.82) is 0 Å². The van der Waals surface area contributed by atoms with Crippen LogP contribution in [0.1, 0.15) is 39.2 Å². The van der Waals surface area contributed by atoms with Crippen LogP contribution < -0.4 is 10.0 Å². The van der Waals surface area contributed by atoms with Gasteiger partial charge in [0.05, 0.1) is 12.0 Å². The Morgan fingerprint density at radius 3 is 2.25 bits per heavy atom. The van der Waals surface area contributed by atoms with E-state index in [2.05, 4.69) is 14.8 Å². The molecule has 11 heteroatoms. The third-order valence-electron chi connectivity index (χ3n) is 5.27. The van der Waals surface area contributed by atoms with Gasteiger partial charge < -0.3 is 10.1 Å². The van der Waals surface area contributed by atoms with Gasteiger partial charge in [-0.2, -0.15) is 4.72 Å². The van der Waals surface area contributed by atoms with E-state index in [1.165, 1.54) is 26.2 Å². The fourth-order valence-corrected chi connectivity index (χ4v) is 4.53. The fourth-order valence-electron chi connectivity index (χ4n) is 3.31. The molecule has 176 valence electrons. The molecule has 1 aromatic carbocycles. The molecule has 0 bridgehead atoms. The van der Waals surface area contributed by atoms with Gasteiger partial charge in [0.1, 0.15) is 18.1 Å². The van der Waals surface area contributed by atoms with Crippen molar-refractivity contribution >= 4 is 33.7 Å². The summed E-state index contributed by atoms with van der Waals surface area (Å²) in [6.07, 6.45) is -0.139. The first kappa shape index (κ1) is 25.5. The molecule has 0 unspecified atom stereocenters. The molecule has 32 heavy (non-hydrogen) atoms. The van der Waals surface area contributed by atoms with Gasteiger partial charge in [-0.1, -0.05) is 31.5 Å². The first-order chi connectivity index (χ1) is 14.9. The SMILES string of the molecule is COC(=O)[C@@H](NC(=O)[C@@H](C)N1C(=O)CC[C@@H](NS(=O)(=O)c2ccc(C)cc2)C1=O)C(C)C. The zero-order valence-electron chi connectivity index (χ0n) is 18.7. The number of hydrogen-bond donors (Lipinski definition) is 2. The van der Waals surface area contributed by atoms with Gasteiger partial charge >= 0.3 is 5.97 Å². The zero-order valence-corrected chi connectivity index (χ0v) is 19.6. The predicted octanol–water partition coefficient (Wildman–Crippen LogP) is 0.493. The summed E-state index contributed by atoms with van der Waals surface area (Å²) in [5.41, 5.74) is 0.876. The smallest absolute Gasteiger partial charge is 0.328 e. The Hall–Kier alpha value is -2.79. The Balaban J connectivity index is 2.18. The largest absolute Gasteiger partial charge is 0.467 e. The Morgan fingerprint density at radius 2 is 1.72 bits per heavy atom. The van der Waals surface area contributed by atoms with Gasteiger partial charge in [0.15, 0.2) is 0 Å². The van der Waals surface area contributed by atoms with Crippen LogP contribution in [-0.2, 0) is 33.9 Å². The van der Waals surface area contributed by atoms with E-state index in [1.54, 1.807) is 26.0 Å². The van der Waals surface area contributed by atoms with Gasteiger partial charge in [-0.25, -0.2) is 13.2 Å². The normalized spacial score (nSPS) is 18.9. The van der Waals surface area contributed by atoms with E-state index in [0.29, 0.717) is 0 Å². The highest BCUT2D eigenvalue weighted by molar-refractivity contribution is 7.89. The lowest BCUT2D eigenvalue weighted by atomic mass is 10.0. The maximum Gasteiger partial charge on any atom is 0.328 e. The van der Waals surface area contributed by atoms with E-state index in [4.69, 9.17) is 0 Å². The number of esters is 1. The third-order valence-corrected chi connectivity index (χ3v) is 6.75. The number of aryl methyl sites for hydroxylation is 1. The Morgan fingerprint density at radius 1 is 1.12 bits per heavy atom. The number of rotatable bonds is 8. The van der Waals surface area contributed by atoms with Gasteiger partial charge in [-0.15, -0.1) is 0 Å². The lowest BCUT2D eigenvalue weighted by Crippen LogP contribution is -2.61. The molecule has 10 nitrogen and oxygen atoms in total. The van der Waals surface area contributed by atoms with Crippen LogP contribution in [-0.4, -0.2) is 62.2 Å². The van der Waals surface area contributed by atoms with Crippen molar-refractivity contribution in [2.75, 3.05) is 7.11 Å². The molecule has 0 aromatic heterocycles. The van der Waals surface area contributed by atoms with Crippen molar-refractivity contribution in [1.82, 2.24) is 14.9 Å². The Labute approximate surface area is 187 Å². The maximum atomic E-state index is 13.0. The molecule has 0 spiro atoms. The molecule has 2 N–H and O–H groups in total. The molecule has 1 saturated heterocycles. The second-order valence-corrected chi connectivity index (χ2v) is 9.77. The number of nitrogens with zero attached hydrogens (tertiary/aromatic N) is 1. The van der Waals surface area contributed by atoms with Crippen LogP contribution in [0, 0.1) is 12.8 Å². The summed E-state index contributed by atoms with van der Waals surface area (Å²) in [4.78, 5) is 50.8. The number of carbonyl (C=O) groups is 4. The summed E-state index contributed by atoms with van der Waals surface area (Å²) >= 11 is 0. The Kier molecular flexibility index (Phi) is 8.13. The van der Waals surface area contributed by atoms with Gasteiger partial charge in [-0.05, 0) is 38.3 Å². The van der Waals surface area contributed by atoms with Crippen molar-refractivity contribution in [2.45, 2.75) is 63.6 Å². The molecule has 3 amide bonds. The molecular formula is C21H29N3O7S. The van der Waals surface area contributed by atoms with E-state index in [1.807, 2.05) is 6.92 Å². The lowest BCUT2D eigenvalue weighted by Gasteiger charge is -2.35. The van der Waals surface area contributed by atoms with E-state index in [9.17, 15) is 27.6 Å². The van der Waals surface area contributed by atoms with Crippen LogP contribution in [0.2, 0.25) is 0 Å². The second-order valence-electron chi connectivity index (χ2n) is 8.06. The standard InChI is InChI=1S/C21H29N3O7S/c1-12(2)18(21(28)31-5)22-19(26)14(4)24-17(25)11-10-16(20(24)27)23-32(29,30)15-8-6-13(3)7-9-15/h6-9,12,14,16,18,23H,10-11H2,1-5H3,(H,22,26)/t14-,16-,18+/m1/s1. The van der Waals surface area contributed by atoms with Gasteiger partial charge in [-0.3, -0.25) is 19.3 Å². The van der Waals surface area contributed by atoms with Crippen molar-refractivity contribution < 1.29 is 32.3 Å². The summed E-state index contributed by atoms with van der Waals surface area (Å²) in [6.45, 7) is 6.57. The highest BCUT2D eigenvalue weighted by Gasteiger charge is 2.42. The number of nitrogens with one attached hydrogen (secondary N) is 2. The molecule has 3 atom stereocenters. The molecule has 1 aliphatic heterocycles. The maximum absolute atomic E-state index is 13.0. The molecule has 1 aromatic rings. The van der Waals surface area contributed by atoms with E-state index in [0.717, 1.165) is 10.5 Å². The van der Waals surface area contributed by atoms with Crippen LogP contribution >= 0.6 is 0 Å². The summed E-state index contributed by atoms with van der Waals surface area (Å²) in [7, 11) is -2.82. The van der Waals surface area contributed by atoms with Gasteiger partial charge in [0, 0.05) is 6.42 Å². The number of sulfonamides is 1. The summed E-state index contributed by atoms with van der Waals surface area (Å²) in [5.74, 6) is -3.08. The first-order valence-corrected chi connectivity index (χ1v) is 11.7. The molecule has 2 rings (SSSR count). The number of benzene rings is 1. The predicted molar refractivity (Wildman–Crippen MR) is 115 cm³/mol. The van der Waals surface area contributed by atoms with Gasteiger partial charge in [0.25, 0.3) is 0 Å². The number of imide groups is 1. The van der Waals surface area contributed by atoms with Gasteiger partial charge in [0.2, 0.25) is 27.7 Å². The average Bonchev–Trinajstić information content (AvgIpc) is 2.73. The van der Waals surface area contributed by atoms with E-state index in [-0.39, 0.29) is 23.7 Å². The minimum absolute atomic E-state index is 0.0111. The molecule has 0 aliphatic carbocycles. The third kappa shape index (κ3) is 5.71. The highest BCUT2D eigenvalue weighted by Crippen LogP contribution is 2.20. The lowest BCUT2D eigenvalue weighted by molar-refractivity contribution is -0.156. The minimum Gasteiger partial charge on any atom is -0.467 e. The molecule has 0 radical (unpaired) electrons. The average molecular weight is 468 g/mol. The van der Waals surface area contributed by atoms with Crippen LogP contribution in [0.4, 0.5) is 0 Å². The molecule has 1 fully saturated rings. The number of amides is 3. The molecular weight excluding hydrogens is 438 g/mol.